The maximum absolute atomic E-state index is 12.8. The largest absolute Gasteiger partial charge is 0.507 e. The number of hydrogen-bond donors (Lipinski definition) is 2. The van der Waals surface area contributed by atoms with Crippen molar-refractivity contribution in [1.82, 2.24) is 5.32 Å². The van der Waals surface area contributed by atoms with Crippen LogP contribution in [0.5, 0.6) is 5.75 Å². The molecule has 0 aromatic heterocycles. The molecular weight excluding hydrogens is 289 g/mol. The Kier molecular flexibility index (Phi) is 4.51. The van der Waals surface area contributed by atoms with Gasteiger partial charge in [-0.3, -0.25) is 4.79 Å². The lowest BCUT2D eigenvalue weighted by atomic mass is 10.0. The number of carbonyl (C=O) groups is 1. The Labute approximate surface area is 108 Å². The molecule has 0 bridgehead atoms. The van der Waals surface area contributed by atoms with Gasteiger partial charge in [0.2, 0.25) is 0 Å². The number of alkyl halides is 1. The van der Waals surface area contributed by atoms with Crippen molar-refractivity contribution >= 4 is 21.8 Å². The molecule has 0 saturated carbocycles. The van der Waals surface area contributed by atoms with Crippen molar-refractivity contribution in [3.63, 3.8) is 0 Å². The standard InChI is InChI=1S/C12H15BrFNO2/c1-12(2,5-6-13)15-11(17)9-4-3-8(14)7-10(9)16/h3-4,7,16H,5-6H2,1-2H3,(H,15,17). The van der Waals surface area contributed by atoms with Gasteiger partial charge in [-0.1, -0.05) is 15.9 Å². The number of benzene rings is 1. The van der Waals surface area contributed by atoms with E-state index in [1.807, 2.05) is 13.8 Å². The van der Waals surface area contributed by atoms with Crippen LogP contribution in [-0.4, -0.2) is 21.9 Å². The van der Waals surface area contributed by atoms with Crippen molar-refractivity contribution in [2.75, 3.05) is 5.33 Å². The predicted molar refractivity (Wildman–Crippen MR) is 68.0 cm³/mol. The van der Waals surface area contributed by atoms with E-state index in [9.17, 15) is 14.3 Å². The fraction of sp³-hybridized carbons (Fsp3) is 0.417. The Morgan fingerprint density at radius 1 is 1.53 bits per heavy atom. The van der Waals surface area contributed by atoms with Crippen LogP contribution in [0.25, 0.3) is 0 Å². The van der Waals surface area contributed by atoms with E-state index in [-0.39, 0.29) is 16.9 Å². The Bertz CT molecular complexity index is 421. The van der Waals surface area contributed by atoms with E-state index in [1.54, 1.807) is 0 Å². The van der Waals surface area contributed by atoms with Crippen LogP contribution in [0.2, 0.25) is 0 Å². The molecule has 17 heavy (non-hydrogen) atoms. The van der Waals surface area contributed by atoms with E-state index in [0.717, 1.165) is 23.9 Å². The smallest absolute Gasteiger partial charge is 0.255 e. The van der Waals surface area contributed by atoms with Crippen molar-refractivity contribution in [1.29, 1.82) is 0 Å². The highest BCUT2D eigenvalue weighted by Crippen LogP contribution is 2.19. The van der Waals surface area contributed by atoms with E-state index in [1.165, 1.54) is 6.07 Å². The van der Waals surface area contributed by atoms with Gasteiger partial charge < -0.3 is 10.4 Å². The van der Waals surface area contributed by atoms with Crippen LogP contribution in [0.4, 0.5) is 4.39 Å². The first-order valence-electron chi connectivity index (χ1n) is 5.23. The molecule has 0 fully saturated rings. The highest BCUT2D eigenvalue weighted by atomic mass is 79.9. The van der Waals surface area contributed by atoms with Crippen molar-refractivity contribution in [2.45, 2.75) is 25.8 Å². The third-order valence-corrected chi connectivity index (χ3v) is 2.77. The lowest BCUT2D eigenvalue weighted by Gasteiger charge is -2.25. The van der Waals surface area contributed by atoms with Gasteiger partial charge in [0, 0.05) is 16.9 Å². The van der Waals surface area contributed by atoms with E-state index >= 15 is 0 Å². The summed E-state index contributed by atoms with van der Waals surface area (Å²) in [5.41, 5.74) is -0.310. The average Bonchev–Trinajstić information content (AvgIpc) is 2.15. The second kappa shape index (κ2) is 5.49. The van der Waals surface area contributed by atoms with Crippen molar-refractivity contribution in [2.24, 2.45) is 0 Å². The summed E-state index contributed by atoms with van der Waals surface area (Å²) in [6.45, 7) is 3.76. The molecule has 1 aromatic carbocycles. The van der Waals surface area contributed by atoms with Gasteiger partial charge in [0.1, 0.15) is 11.6 Å². The monoisotopic (exact) mass is 303 g/mol. The number of phenolic OH excluding ortho intramolecular Hbond substituents is 1. The lowest BCUT2D eigenvalue weighted by molar-refractivity contribution is 0.0909. The van der Waals surface area contributed by atoms with Crippen LogP contribution in [0.1, 0.15) is 30.6 Å². The highest BCUT2D eigenvalue weighted by Gasteiger charge is 2.22. The summed E-state index contributed by atoms with van der Waals surface area (Å²) in [5.74, 6) is -1.33. The zero-order valence-corrected chi connectivity index (χ0v) is 11.3. The zero-order valence-electron chi connectivity index (χ0n) is 9.76. The minimum Gasteiger partial charge on any atom is -0.507 e. The summed E-state index contributed by atoms with van der Waals surface area (Å²) in [5, 5.41) is 13.0. The Hall–Kier alpha value is -1.10. The van der Waals surface area contributed by atoms with Gasteiger partial charge >= 0.3 is 0 Å². The summed E-state index contributed by atoms with van der Waals surface area (Å²) < 4.78 is 12.8. The number of hydrogen-bond acceptors (Lipinski definition) is 2. The number of rotatable bonds is 4. The van der Waals surface area contributed by atoms with E-state index in [2.05, 4.69) is 21.2 Å². The molecule has 1 aromatic rings. The third kappa shape index (κ3) is 4.00. The van der Waals surface area contributed by atoms with Gasteiger partial charge in [0.15, 0.2) is 0 Å². The van der Waals surface area contributed by atoms with Gasteiger partial charge in [-0.15, -0.1) is 0 Å². The molecular formula is C12H15BrFNO2. The molecule has 0 atom stereocenters. The van der Waals surface area contributed by atoms with Gasteiger partial charge in [0.05, 0.1) is 5.56 Å². The molecule has 0 aliphatic heterocycles. The maximum atomic E-state index is 12.8. The molecule has 3 nitrogen and oxygen atoms in total. The molecule has 5 heteroatoms. The normalized spacial score (nSPS) is 11.3. The number of amides is 1. The quantitative estimate of drug-likeness (QED) is 0.840. The van der Waals surface area contributed by atoms with Crippen LogP contribution in [0.15, 0.2) is 18.2 Å². The summed E-state index contributed by atoms with van der Waals surface area (Å²) >= 11 is 3.31. The average molecular weight is 304 g/mol. The fourth-order valence-corrected chi connectivity index (χ4v) is 2.36. The minimum atomic E-state index is -0.571. The fourth-order valence-electron chi connectivity index (χ4n) is 1.37. The van der Waals surface area contributed by atoms with Gasteiger partial charge in [-0.2, -0.15) is 0 Å². The number of halogens is 2. The van der Waals surface area contributed by atoms with E-state index in [0.29, 0.717) is 0 Å². The van der Waals surface area contributed by atoms with Gasteiger partial charge in [0.25, 0.3) is 5.91 Å². The SMILES string of the molecule is CC(C)(CCBr)NC(=O)c1ccc(F)cc1O. The Morgan fingerprint density at radius 3 is 2.71 bits per heavy atom. The molecule has 0 heterocycles. The van der Waals surface area contributed by atoms with Crippen LogP contribution >= 0.6 is 15.9 Å². The van der Waals surface area contributed by atoms with Crippen molar-refractivity contribution in [3.05, 3.63) is 29.6 Å². The number of carbonyl (C=O) groups excluding carboxylic acids is 1. The van der Waals surface area contributed by atoms with Gasteiger partial charge in [-0.05, 0) is 32.4 Å². The lowest BCUT2D eigenvalue weighted by Crippen LogP contribution is -2.43. The Morgan fingerprint density at radius 2 is 2.18 bits per heavy atom. The first kappa shape index (κ1) is 14.0. The molecule has 0 aliphatic carbocycles. The zero-order chi connectivity index (χ0) is 13.1. The van der Waals surface area contributed by atoms with Crippen molar-refractivity contribution in [3.8, 4) is 5.75 Å². The minimum absolute atomic E-state index is 0.0778. The molecule has 1 amide bonds. The molecule has 94 valence electrons. The molecule has 0 radical (unpaired) electrons. The molecule has 0 aliphatic rings. The Balaban J connectivity index is 2.83. The first-order valence-corrected chi connectivity index (χ1v) is 6.35. The predicted octanol–water partition coefficient (Wildman–Crippen LogP) is 2.82. The molecule has 0 unspecified atom stereocenters. The van der Waals surface area contributed by atoms with E-state index < -0.39 is 11.7 Å². The second-order valence-electron chi connectivity index (χ2n) is 4.44. The summed E-state index contributed by atoms with van der Waals surface area (Å²) in [7, 11) is 0. The van der Waals surface area contributed by atoms with E-state index in [4.69, 9.17) is 0 Å². The highest BCUT2D eigenvalue weighted by molar-refractivity contribution is 9.09. The molecule has 1 rings (SSSR count). The van der Waals surface area contributed by atoms with Gasteiger partial charge in [-0.25, -0.2) is 4.39 Å². The number of aromatic hydroxyl groups is 1. The maximum Gasteiger partial charge on any atom is 0.255 e. The van der Waals surface area contributed by atoms with Crippen LogP contribution in [0, 0.1) is 5.82 Å². The first-order chi connectivity index (χ1) is 7.85. The molecule has 2 N–H and O–H groups in total. The van der Waals surface area contributed by atoms with Crippen molar-refractivity contribution < 1.29 is 14.3 Å². The van der Waals surface area contributed by atoms with Crippen LogP contribution < -0.4 is 5.32 Å². The second-order valence-corrected chi connectivity index (χ2v) is 5.23. The molecule has 0 saturated heterocycles. The summed E-state index contributed by atoms with van der Waals surface area (Å²) in [4.78, 5) is 11.9. The third-order valence-electron chi connectivity index (χ3n) is 2.38. The summed E-state index contributed by atoms with van der Waals surface area (Å²) in [6.07, 6.45) is 0.751. The number of phenols is 1. The number of nitrogens with one attached hydrogen (secondary N) is 1. The molecule has 0 spiro atoms. The summed E-state index contributed by atoms with van der Waals surface area (Å²) in [6, 6.07) is 3.34. The topological polar surface area (TPSA) is 49.3 Å². The van der Waals surface area contributed by atoms with Crippen LogP contribution in [-0.2, 0) is 0 Å². The van der Waals surface area contributed by atoms with Crippen LogP contribution in [0.3, 0.4) is 0 Å².